The number of ether oxygens (including phenoxy) is 1. The fourth-order valence-electron chi connectivity index (χ4n) is 3.62. The van der Waals surface area contributed by atoms with Crippen molar-refractivity contribution in [2.45, 2.75) is 10.3 Å². The Labute approximate surface area is 224 Å². The van der Waals surface area contributed by atoms with Gasteiger partial charge in [-0.05, 0) is 42.0 Å². The van der Waals surface area contributed by atoms with E-state index in [1.165, 1.54) is 55.8 Å². The lowest BCUT2D eigenvalue weighted by Gasteiger charge is -2.12. The molecule has 2 amide bonds. The van der Waals surface area contributed by atoms with Crippen LogP contribution in [0.15, 0.2) is 48.7 Å². The van der Waals surface area contributed by atoms with Gasteiger partial charge in [0.15, 0.2) is 0 Å². The molecule has 1 saturated carbocycles. The second kappa shape index (κ2) is 9.99. The Hall–Kier alpha value is -2.29. The van der Waals surface area contributed by atoms with E-state index in [9.17, 15) is 14.0 Å². The van der Waals surface area contributed by atoms with Gasteiger partial charge >= 0.3 is 0 Å². The van der Waals surface area contributed by atoms with Gasteiger partial charge in [-0.25, -0.2) is 9.37 Å². The number of benzene rings is 2. The quantitative estimate of drug-likeness (QED) is 0.310. The molecular formula is C23H15Cl5FN3O3. The topological polar surface area (TPSA) is 80.3 Å². The number of nitrogens with one attached hydrogen (secondary N) is 2. The molecule has 1 heterocycles. The lowest BCUT2D eigenvalue weighted by atomic mass is 10.1. The molecular weight excluding hydrogens is 563 g/mol. The Bertz CT molecular complexity index is 1340. The largest absolute Gasteiger partial charge is 0.480 e. The maximum Gasteiger partial charge on any atom is 0.257 e. The molecule has 2 N–H and O–H groups in total. The summed E-state index contributed by atoms with van der Waals surface area (Å²) in [5.74, 6) is -2.94. The van der Waals surface area contributed by atoms with E-state index in [4.69, 9.17) is 62.7 Å². The number of hydrogen-bond acceptors (Lipinski definition) is 4. The lowest BCUT2D eigenvalue weighted by molar-refractivity contribution is -0.117. The van der Waals surface area contributed by atoms with Gasteiger partial charge in [-0.3, -0.25) is 9.59 Å². The van der Waals surface area contributed by atoms with Crippen LogP contribution in [0.2, 0.25) is 15.1 Å². The molecule has 1 aliphatic carbocycles. The Morgan fingerprint density at radius 3 is 2.46 bits per heavy atom. The summed E-state index contributed by atoms with van der Waals surface area (Å²) in [4.78, 5) is 29.7. The second-order valence-electron chi connectivity index (χ2n) is 7.62. The third-order valence-corrected chi connectivity index (χ3v) is 7.34. The van der Waals surface area contributed by atoms with Crippen molar-refractivity contribution < 1.29 is 18.7 Å². The van der Waals surface area contributed by atoms with E-state index in [0.29, 0.717) is 5.56 Å². The number of carbonyl (C=O) groups is 2. The molecule has 0 radical (unpaired) electrons. The first kappa shape index (κ1) is 25.8. The smallest absolute Gasteiger partial charge is 0.257 e. The molecule has 182 valence electrons. The highest BCUT2D eigenvalue weighted by Gasteiger charge is 2.67. The number of halogens is 6. The summed E-state index contributed by atoms with van der Waals surface area (Å²) in [7, 11) is 1.40. The summed E-state index contributed by atoms with van der Waals surface area (Å²) in [6.07, 6.45) is 1.42. The fraction of sp³-hybridized carbons (Fsp3) is 0.174. The van der Waals surface area contributed by atoms with Crippen molar-refractivity contribution in [1.29, 1.82) is 0 Å². The molecule has 3 aromatic rings. The molecule has 1 fully saturated rings. The van der Waals surface area contributed by atoms with E-state index in [-0.39, 0.29) is 37.9 Å². The highest BCUT2D eigenvalue weighted by atomic mass is 35.5. The monoisotopic (exact) mass is 575 g/mol. The van der Waals surface area contributed by atoms with E-state index in [2.05, 4.69) is 15.6 Å². The summed E-state index contributed by atoms with van der Waals surface area (Å²) in [5, 5.41) is 5.49. The SMILES string of the molecule is COc1nccc(NC(=O)c2cc(NC(=O)C3C(c4ccc(F)c(Cl)c4)C3(Cl)Cl)ccc2Cl)c1Cl. The van der Waals surface area contributed by atoms with Gasteiger partial charge in [-0.1, -0.05) is 40.9 Å². The van der Waals surface area contributed by atoms with E-state index in [1.54, 1.807) is 0 Å². The van der Waals surface area contributed by atoms with Crippen molar-refractivity contribution in [3.63, 3.8) is 0 Å². The van der Waals surface area contributed by atoms with Crippen molar-refractivity contribution in [3.8, 4) is 5.88 Å². The summed E-state index contributed by atoms with van der Waals surface area (Å²) < 4.78 is 17.1. The first-order valence-corrected chi connectivity index (χ1v) is 11.9. The molecule has 6 nitrogen and oxygen atoms in total. The van der Waals surface area contributed by atoms with Gasteiger partial charge < -0.3 is 15.4 Å². The molecule has 2 aromatic carbocycles. The number of nitrogens with zero attached hydrogens (tertiary/aromatic N) is 1. The summed E-state index contributed by atoms with van der Waals surface area (Å²) in [5.41, 5.74) is 1.16. The molecule has 0 aliphatic heterocycles. The predicted molar refractivity (Wildman–Crippen MR) is 136 cm³/mol. The van der Waals surface area contributed by atoms with Crippen LogP contribution >= 0.6 is 58.0 Å². The molecule has 4 rings (SSSR count). The first-order chi connectivity index (χ1) is 16.5. The Kier molecular flexibility index (Phi) is 7.36. The third-order valence-electron chi connectivity index (χ3n) is 5.42. The average Bonchev–Trinajstić information content (AvgIpc) is 3.40. The molecule has 1 aliphatic rings. The van der Waals surface area contributed by atoms with Crippen LogP contribution in [0, 0.1) is 11.7 Å². The summed E-state index contributed by atoms with van der Waals surface area (Å²) in [6, 6.07) is 9.93. The van der Waals surface area contributed by atoms with Crippen LogP contribution in [-0.2, 0) is 4.79 Å². The number of carbonyl (C=O) groups excluding carboxylic acids is 2. The van der Waals surface area contributed by atoms with Crippen LogP contribution in [0.4, 0.5) is 15.8 Å². The molecule has 35 heavy (non-hydrogen) atoms. The molecule has 2 atom stereocenters. The number of rotatable bonds is 6. The fourth-order valence-corrected chi connectivity index (χ4v) is 5.08. The molecule has 2 unspecified atom stereocenters. The number of anilines is 2. The minimum absolute atomic E-state index is 0.0805. The van der Waals surface area contributed by atoms with Crippen LogP contribution in [0.1, 0.15) is 21.8 Å². The highest BCUT2D eigenvalue weighted by Crippen LogP contribution is 2.65. The van der Waals surface area contributed by atoms with Gasteiger partial charge in [0.2, 0.25) is 11.8 Å². The van der Waals surface area contributed by atoms with E-state index in [1.807, 2.05) is 0 Å². The summed E-state index contributed by atoms with van der Waals surface area (Å²) in [6.45, 7) is 0. The Morgan fingerprint density at radius 1 is 1.03 bits per heavy atom. The summed E-state index contributed by atoms with van der Waals surface area (Å²) >= 11 is 31.0. The number of aromatic nitrogens is 1. The van der Waals surface area contributed by atoms with Crippen molar-refractivity contribution >= 4 is 81.2 Å². The number of pyridine rings is 1. The van der Waals surface area contributed by atoms with Crippen LogP contribution in [0.3, 0.4) is 0 Å². The number of amides is 2. The zero-order chi connectivity index (χ0) is 25.5. The lowest BCUT2D eigenvalue weighted by Crippen LogP contribution is -2.18. The van der Waals surface area contributed by atoms with E-state index < -0.39 is 33.8 Å². The average molecular weight is 578 g/mol. The molecule has 0 bridgehead atoms. The van der Waals surface area contributed by atoms with Gasteiger partial charge in [0.1, 0.15) is 15.2 Å². The van der Waals surface area contributed by atoms with Gasteiger partial charge in [-0.2, -0.15) is 0 Å². The van der Waals surface area contributed by atoms with E-state index >= 15 is 0 Å². The van der Waals surface area contributed by atoms with Crippen molar-refractivity contribution in [1.82, 2.24) is 4.98 Å². The van der Waals surface area contributed by atoms with Gasteiger partial charge in [0, 0.05) is 17.8 Å². The maximum atomic E-state index is 13.5. The van der Waals surface area contributed by atoms with Gasteiger partial charge in [0.05, 0.1) is 34.3 Å². The second-order valence-corrected chi connectivity index (χ2v) is 10.3. The zero-order valence-corrected chi connectivity index (χ0v) is 21.5. The number of hydrogen-bond donors (Lipinski definition) is 2. The van der Waals surface area contributed by atoms with Crippen LogP contribution < -0.4 is 15.4 Å². The van der Waals surface area contributed by atoms with Crippen molar-refractivity contribution in [2.75, 3.05) is 17.7 Å². The zero-order valence-electron chi connectivity index (χ0n) is 17.7. The highest BCUT2D eigenvalue weighted by molar-refractivity contribution is 6.53. The Balaban J connectivity index is 1.51. The molecule has 1 aromatic heterocycles. The number of alkyl halides is 2. The molecule has 0 spiro atoms. The van der Waals surface area contributed by atoms with Crippen molar-refractivity contribution in [3.05, 3.63) is 80.7 Å². The van der Waals surface area contributed by atoms with Gasteiger partial charge in [0.25, 0.3) is 5.91 Å². The standard InChI is InChI=1S/C23H15Cl5FN3O3/c1-35-22-19(26)16(6-7-30-22)32-20(33)12-9-11(3-4-13(12)24)31-21(34)18-17(23(18,27)28)10-2-5-15(29)14(25)8-10/h2-9,17-18H,1H3,(H,31,34)(H,30,32,33). The minimum Gasteiger partial charge on any atom is -0.480 e. The van der Waals surface area contributed by atoms with Crippen LogP contribution in [-0.4, -0.2) is 28.2 Å². The predicted octanol–water partition coefficient (Wildman–Crippen LogP) is 6.97. The maximum absolute atomic E-state index is 13.5. The van der Waals surface area contributed by atoms with E-state index in [0.717, 1.165) is 0 Å². The third kappa shape index (κ3) is 5.15. The van der Waals surface area contributed by atoms with Gasteiger partial charge in [-0.15, -0.1) is 23.2 Å². The van der Waals surface area contributed by atoms with Crippen LogP contribution in [0.25, 0.3) is 0 Å². The van der Waals surface area contributed by atoms with Crippen LogP contribution in [0.5, 0.6) is 5.88 Å². The molecule has 0 saturated heterocycles. The Morgan fingerprint density at radius 2 is 1.77 bits per heavy atom. The minimum atomic E-state index is -1.41. The van der Waals surface area contributed by atoms with Crippen molar-refractivity contribution in [2.24, 2.45) is 5.92 Å². The molecule has 12 heteroatoms. The first-order valence-electron chi connectivity index (χ1n) is 9.97. The normalized spacial score (nSPS) is 18.0. The number of methoxy groups -OCH3 is 1.